The van der Waals surface area contributed by atoms with Gasteiger partial charge in [-0.3, -0.25) is 4.79 Å². The highest BCUT2D eigenvalue weighted by molar-refractivity contribution is 8.13. The first-order valence-electron chi connectivity index (χ1n) is 2.90. The van der Waals surface area contributed by atoms with Crippen LogP contribution >= 0.6 is 11.8 Å². The smallest absolute Gasteiger partial charge is 0.185 e. The van der Waals surface area contributed by atoms with Crippen molar-refractivity contribution in [2.75, 3.05) is 5.75 Å². The Labute approximate surface area is 59.0 Å². The minimum absolute atomic E-state index is 0.0654. The van der Waals surface area contributed by atoms with E-state index < -0.39 is 6.17 Å². The Kier molecular flexibility index (Phi) is 4.77. The fourth-order valence-corrected chi connectivity index (χ4v) is 1.10. The highest BCUT2D eigenvalue weighted by Crippen LogP contribution is 2.06. The van der Waals surface area contributed by atoms with Crippen molar-refractivity contribution < 1.29 is 9.18 Å². The van der Waals surface area contributed by atoms with Gasteiger partial charge in [-0.1, -0.05) is 11.8 Å². The zero-order chi connectivity index (χ0) is 7.28. The van der Waals surface area contributed by atoms with Crippen LogP contribution in [0.25, 0.3) is 0 Å². The maximum absolute atomic E-state index is 12.0. The molecule has 54 valence electrons. The molecule has 0 amide bonds. The van der Waals surface area contributed by atoms with Gasteiger partial charge in [-0.2, -0.15) is 0 Å². The topological polar surface area (TPSA) is 17.1 Å². The van der Waals surface area contributed by atoms with Crippen molar-refractivity contribution in [3.63, 3.8) is 0 Å². The Morgan fingerprint density at radius 2 is 2.33 bits per heavy atom. The van der Waals surface area contributed by atoms with Gasteiger partial charge in [0, 0.05) is 12.7 Å². The van der Waals surface area contributed by atoms with Gasteiger partial charge in [-0.15, -0.1) is 0 Å². The Balaban J connectivity index is 3.01. The number of rotatable bonds is 3. The lowest BCUT2D eigenvalue weighted by molar-refractivity contribution is -0.109. The highest BCUT2D eigenvalue weighted by Gasteiger charge is 1.98. The molecule has 0 aromatic carbocycles. The van der Waals surface area contributed by atoms with Crippen molar-refractivity contribution in [3.05, 3.63) is 0 Å². The molecular formula is C6H11FOS. The van der Waals surface area contributed by atoms with Crippen LogP contribution in [0.3, 0.4) is 0 Å². The quantitative estimate of drug-likeness (QED) is 0.612. The molecule has 0 radical (unpaired) electrons. The summed E-state index contributed by atoms with van der Waals surface area (Å²) < 4.78 is 12.0. The lowest BCUT2D eigenvalue weighted by Crippen LogP contribution is -1.95. The van der Waals surface area contributed by atoms with Crippen LogP contribution in [0.5, 0.6) is 0 Å². The number of hydrogen-bond acceptors (Lipinski definition) is 2. The first-order chi connectivity index (χ1) is 4.13. The minimum atomic E-state index is -0.781. The Bertz CT molecular complexity index is 93.1. The van der Waals surface area contributed by atoms with Gasteiger partial charge < -0.3 is 0 Å². The van der Waals surface area contributed by atoms with E-state index in [1.54, 1.807) is 0 Å². The predicted octanol–water partition coefficient (Wildman–Crippen LogP) is 2.01. The second kappa shape index (κ2) is 4.79. The van der Waals surface area contributed by atoms with Crippen LogP contribution in [0.1, 0.15) is 20.3 Å². The van der Waals surface area contributed by atoms with E-state index in [1.807, 2.05) is 0 Å². The number of hydrogen-bond donors (Lipinski definition) is 0. The van der Waals surface area contributed by atoms with E-state index in [4.69, 9.17) is 0 Å². The third kappa shape index (κ3) is 7.95. The normalized spacial score (nSPS) is 13.2. The van der Waals surface area contributed by atoms with Crippen LogP contribution in [0, 0.1) is 0 Å². The molecule has 0 aliphatic rings. The van der Waals surface area contributed by atoms with Crippen LogP contribution in [-0.4, -0.2) is 17.0 Å². The van der Waals surface area contributed by atoms with E-state index in [0.29, 0.717) is 12.2 Å². The molecule has 0 fully saturated rings. The highest BCUT2D eigenvalue weighted by atomic mass is 32.2. The zero-order valence-electron chi connectivity index (χ0n) is 5.69. The van der Waals surface area contributed by atoms with Gasteiger partial charge in [0.25, 0.3) is 0 Å². The number of carbonyl (C=O) groups is 1. The van der Waals surface area contributed by atoms with Crippen LogP contribution in [0.2, 0.25) is 0 Å². The zero-order valence-corrected chi connectivity index (χ0v) is 6.50. The Morgan fingerprint density at radius 3 is 2.67 bits per heavy atom. The summed E-state index contributed by atoms with van der Waals surface area (Å²) in [6, 6.07) is 0. The van der Waals surface area contributed by atoms with Crippen molar-refractivity contribution >= 4 is 16.9 Å². The van der Waals surface area contributed by atoms with Crippen molar-refractivity contribution in [1.29, 1.82) is 0 Å². The van der Waals surface area contributed by atoms with E-state index in [2.05, 4.69) is 0 Å². The van der Waals surface area contributed by atoms with Crippen LogP contribution in [0.15, 0.2) is 0 Å². The van der Waals surface area contributed by atoms with Gasteiger partial charge in [0.1, 0.15) is 0 Å². The molecule has 0 aromatic rings. The van der Waals surface area contributed by atoms with E-state index in [1.165, 1.54) is 25.6 Å². The van der Waals surface area contributed by atoms with Crippen molar-refractivity contribution in [2.24, 2.45) is 0 Å². The monoisotopic (exact) mass is 150 g/mol. The molecule has 0 rings (SSSR count). The molecule has 1 atom stereocenters. The summed E-state index contributed by atoms with van der Waals surface area (Å²) in [7, 11) is 0. The third-order valence-electron chi connectivity index (χ3n) is 0.821. The molecule has 0 spiro atoms. The van der Waals surface area contributed by atoms with Gasteiger partial charge in [-0.25, -0.2) is 4.39 Å². The van der Waals surface area contributed by atoms with Crippen molar-refractivity contribution in [2.45, 2.75) is 26.4 Å². The Morgan fingerprint density at radius 1 is 1.78 bits per heavy atom. The summed E-state index contributed by atoms with van der Waals surface area (Å²) in [6.07, 6.45) is -0.304. The van der Waals surface area contributed by atoms with Gasteiger partial charge >= 0.3 is 0 Å². The van der Waals surface area contributed by atoms with E-state index in [0.717, 1.165) is 0 Å². The second-order valence-corrected chi connectivity index (χ2v) is 3.18. The molecular weight excluding hydrogens is 139 g/mol. The van der Waals surface area contributed by atoms with Gasteiger partial charge in [0.05, 0.1) is 6.17 Å². The predicted molar refractivity (Wildman–Crippen MR) is 38.3 cm³/mol. The lowest BCUT2D eigenvalue weighted by atomic mass is 10.3. The maximum Gasteiger partial charge on any atom is 0.185 e. The average Bonchev–Trinajstić information content (AvgIpc) is 1.63. The number of alkyl halides is 1. The molecule has 0 aliphatic carbocycles. The molecule has 0 aromatic heterocycles. The van der Waals surface area contributed by atoms with Crippen molar-refractivity contribution in [3.8, 4) is 0 Å². The summed E-state index contributed by atoms with van der Waals surface area (Å²) in [5, 5.41) is 0.0654. The standard InChI is InChI=1S/C6H11FOS/c1-5(7)3-4-9-6(2)8/h5H,3-4H2,1-2H3. The molecule has 0 heterocycles. The summed E-state index contributed by atoms with van der Waals surface area (Å²) in [6.45, 7) is 2.99. The number of carbonyl (C=O) groups excluding carboxylic acids is 1. The molecule has 0 saturated carbocycles. The fraction of sp³-hybridized carbons (Fsp3) is 0.833. The molecule has 0 saturated heterocycles. The van der Waals surface area contributed by atoms with E-state index in [-0.39, 0.29) is 5.12 Å². The molecule has 9 heavy (non-hydrogen) atoms. The van der Waals surface area contributed by atoms with Crippen LogP contribution < -0.4 is 0 Å². The van der Waals surface area contributed by atoms with Gasteiger partial charge in [0.2, 0.25) is 0 Å². The second-order valence-electron chi connectivity index (χ2n) is 1.91. The number of thioether (sulfide) groups is 1. The molecule has 3 heteroatoms. The van der Waals surface area contributed by atoms with Gasteiger partial charge in [0.15, 0.2) is 5.12 Å². The minimum Gasteiger partial charge on any atom is -0.288 e. The summed E-state index contributed by atoms with van der Waals surface area (Å²) in [4.78, 5) is 10.3. The Hall–Kier alpha value is -0.0500. The summed E-state index contributed by atoms with van der Waals surface area (Å²) in [5.74, 6) is 0.604. The van der Waals surface area contributed by atoms with E-state index >= 15 is 0 Å². The molecule has 0 N–H and O–H groups in total. The SMILES string of the molecule is CC(=O)SCCC(C)F. The van der Waals surface area contributed by atoms with Gasteiger partial charge in [-0.05, 0) is 13.3 Å². The molecule has 1 unspecified atom stereocenters. The first kappa shape index (κ1) is 8.95. The molecule has 0 bridgehead atoms. The number of halogens is 1. The van der Waals surface area contributed by atoms with Crippen LogP contribution in [0.4, 0.5) is 4.39 Å². The largest absolute Gasteiger partial charge is 0.288 e. The average molecular weight is 150 g/mol. The van der Waals surface area contributed by atoms with E-state index in [9.17, 15) is 9.18 Å². The fourth-order valence-electron chi connectivity index (χ4n) is 0.365. The van der Waals surface area contributed by atoms with Crippen LogP contribution in [-0.2, 0) is 4.79 Å². The molecule has 0 aliphatic heterocycles. The molecule has 1 nitrogen and oxygen atoms in total. The first-order valence-corrected chi connectivity index (χ1v) is 3.89. The summed E-state index contributed by atoms with van der Waals surface area (Å²) in [5.41, 5.74) is 0. The summed E-state index contributed by atoms with van der Waals surface area (Å²) >= 11 is 1.18. The lowest BCUT2D eigenvalue weighted by Gasteiger charge is -1.97. The maximum atomic E-state index is 12.0. The third-order valence-corrected chi connectivity index (χ3v) is 1.67. The van der Waals surface area contributed by atoms with Crippen molar-refractivity contribution in [1.82, 2.24) is 0 Å².